The molecule has 1 atom stereocenters. The molecule has 1 heterocycles. The number of halogens is 1. The van der Waals surface area contributed by atoms with Crippen molar-refractivity contribution >= 4 is 23.1 Å². The van der Waals surface area contributed by atoms with Gasteiger partial charge in [0.25, 0.3) is 0 Å². The van der Waals surface area contributed by atoms with Crippen LogP contribution in [0.5, 0.6) is 0 Å². The van der Waals surface area contributed by atoms with Gasteiger partial charge in [-0.25, -0.2) is 0 Å². The maximum atomic E-state index is 5.87. The predicted molar refractivity (Wildman–Crippen MR) is 67.0 cm³/mol. The van der Waals surface area contributed by atoms with Crippen LogP contribution in [0.15, 0.2) is 24.3 Å². The van der Waals surface area contributed by atoms with Gasteiger partial charge in [0, 0.05) is 5.02 Å². The van der Waals surface area contributed by atoms with Gasteiger partial charge in [0.15, 0.2) is 0 Å². The molecule has 1 unspecified atom stereocenters. The van der Waals surface area contributed by atoms with E-state index >= 15 is 0 Å². The van der Waals surface area contributed by atoms with Crippen LogP contribution in [-0.4, -0.2) is 16.6 Å². The Bertz CT molecular complexity index is 466. The molecule has 0 saturated heterocycles. The molecule has 0 aliphatic rings. The number of hydrogen-bond acceptors (Lipinski definition) is 4. The number of nitrogens with one attached hydrogen (secondary N) is 1. The Hall–Kier alpha value is -0.970. The maximum Gasteiger partial charge on any atom is 0.0776 e. The first kappa shape index (κ1) is 11.5. The van der Waals surface area contributed by atoms with E-state index < -0.39 is 0 Å². The summed E-state index contributed by atoms with van der Waals surface area (Å²) < 4.78 is 3.96. The van der Waals surface area contributed by atoms with Gasteiger partial charge in [0.2, 0.25) is 0 Å². The highest BCUT2D eigenvalue weighted by Gasteiger charge is 2.17. The van der Waals surface area contributed by atoms with E-state index in [1.807, 2.05) is 38.2 Å². The van der Waals surface area contributed by atoms with Crippen molar-refractivity contribution in [3.8, 4) is 0 Å². The van der Waals surface area contributed by atoms with E-state index in [4.69, 9.17) is 11.6 Å². The predicted octanol–water partition coefficient (Wildman–Crippen LogP) is 2.81. The molecule has 84 valence electrons. The Labute approximate surface area is 104 Å². The normalized spacial score (nSPS) is 12.7. The van der Waals surface area contributed by atoms with Gasteiger partial charge in [-0.2, -0.15) is 0 Å². The van der Waals surface area contributed by atoms with Gasteiger partial charge in [0.1, 0.15) is 0 Å². The van der Waals surface area contributed by atoms with Gasteiger partial charge in [-0.15, -0.1) is 5.10 Å². The number of aryl methyl sites for hydroxylation is 1. The van der Waals surface area contributed by atoms with E-state index in [2.05, 4.69) is 14.9 Å². The van der Waals surface area contributed by atoms with Crippen LogP contribution >= 0.6 is 23.1 Å². The highest BCUT2D eigenvalue weighted by Crippen LogP contribution is 2.27. The topological polar surface area (TPSA) is 37.8 Å². The second-order valence-electron chi connectivity index (χ2n) is 3.50. The average Bonchev–Trinajstić information content (AvgIpc) is 2.69. The van der Waals surface area contributed by atoms with Crippen LogP contribution in [0.4, 0.5) is 0 Å². The highest BCUT2D eigenvalue weighted by atomic mass is 35.5. The molecule has 0 aliphatic heterocycles. The van der Waals surface area contributed by atoms with Gasteiger partial charge in [-0.3, -0.25) is 0 Å². The third-order valence-corrected chi connectivity index (χ3v) is 3.58. The van der Waals surface area contributed by atoms with Crippen LogP contribution in [0.3, 0.4) is 0 Å². The molecule has 1 aromatic heterocycles. The molecule has 0 amide bonds. The molecule has 0 aliphatic carbocycles. The van der Waals surface area contributed by atoms with Crippen molar-refractivity contribution in [3.05, 3.63) is 45.4 Å². The lowest BCUT2D eigenvalue weighted by Gasteiger charge is -2.14. The fraction of sp³-hybridized carbons (Fsp3) is 0.273. The summed E-state index contributed by atoms with van der Waals surface area (Å²) in [5.41, 5.74) is 2.14. The summed E-state index contributed by atoms with van der Waals surface area (Å²) in [6, 6.07) is 7.96. The Kier molecular flexibility index (Phi) is 3.53. The third-order valence-electron chi connectivity index (χ3n) is 2.44. The highest BCUT2D eigenvalue weighted by molar-refractivity contribution is 7.05. The number of nitrogens with zero attached hydrogens (tertiary/aromatic N) is 2. The first-order valence-electron chi connectivity index (χ1n) is 4.94. The zero-order chi connectivity index (χ0) is 11.5. The molecule has 1 N–H and O–H groups in total. The first-order chi connectivity index (χ1) is 7.72. The molecule has 16 heavy (non-hydrogen) atoms. The summed E-state index contributed by atoms with van der Waals surface area (Å²) in [6.07, 6.45) is 0. The summed E-state index contributed by atoms with van der Waals surface area (Å²) in [4.78, 5) is 1.14. The van der Waals surface area contributed by atoms with Crippen molar-refractivity contribution < 1.29 is 0 Å². The van der Waals surface area contributed by atoms with Crippen LogP contribution in [-0.2, 0) is 0 Å². The molecule has 0 spiro atoms. The summed E-state index contributed by atoms with van der Waals surface area (Å²) in [5, 5.41) is 8.05. The Balaban J connectivity index is 2.37. The van der Waals surface area contributed by atoms with Gasteiger partial charge in [0.05, 0.1) is 16.6 Å². The second-order valence-corrected chi connectivity index (χ2v) is 4.72. The fourth-order valence-electron chi connectivity index (χ4n) is 1.61. The van der Waals surface area contributed by atoms with Crippen molar-refractivity contribution in [1.82, 2.24) is 14.9 Å². The van der Waals surface area contributed by atoms with Gasteiger partial charge >= 0.3 is 0 Å². The minimum absolute atomic E-state index is 0.136. The Morgan fingerprint density at radius 1 is 1.31 bits per heavy atom. The van der Waals surface area contributed by atoms with Crippen molar-refractivity contribution in [3.63, 3.8) is 0 Å². The maximum absolute atomic E-state index is 5.87. The number of rotatable bonds is 3. The van der Waals surface area contributed by atoms with E-state index in [1.54, 1.807) is 0 Å². The SMILES string of the molecule is CNC(c1ccc(Cl)cc1)c1snnc1C. The lowest BCUT2D eigenvalue weighted by molar-refractivity contribution is 0.697. The average molecular weight is 254 g/mol. The molecule has 3 nitrogen and oxygen atoms in total. The van der Waals surface area contributed by atoms with E-state index in [9.17, 15) is 0 Å². The van der Waals surface area contributed by atoms with Gasteiger partial charge in [-0.1, -0.05) is 28.2 Å². The lowest BCUT2D eigenvalue weighted by atomic mass is 10.0. The number of benzene rings is 1. The van der Waals surface area contributed by atoms with Crippen molar-refractivity contribution in [2.75, 3.05) is 7.05 Å². The van der Waals surface area contributed by atoms with E-state index in [1.165, 1.54) is 17.1 Å². The summed E-state index contributed by atoms with van der Waals surface area (Å²) in [5.74, 6) is 0. The zero-order valence-electron chi connectivity index (χ0n) is 9.07. The van der Waals surface area contributed by atoms with Crippen LogP contribution < -0.4 is 5.32 Å². The smallest absolute Gasteiger partial charge is 0.0776 e. The van der Waals surface area contributed by atoms with E-state index in [-0.39, 0.29) is 6.04 Å². The largest absolute Gasteiger partial charge is 0.309 e. The Morgan fingerprint density at radius 2 is 2.00 bits per heavy atom. The fourth-order valence-corrected chi connectivity index (χ4v) is 2.52. The molecule has 2 rings (SSSR count). The number of hydrogen-bond donors (Lipinski definition) is 1. The molecular weight excluding hydrogens is 242 g/mol. The number of aromatic nitrogens is 2. The molecule has 1 aromatic carbocycles. The molecular formula is C11H12ClN3S. The van der Waals surface area contributed by atoms with E-state index in [0.29, 0.717) is 0 Å². The van der Waals surface area contributed by atoms with Crippen LogP contribution in [0.2, 0.25) is 5.02 Å². The van der Waals surface area contributed by atoms with Crippen LogP contribution in [0.1, 0.15) is 22.2 Å². The van der Waals surface area contributed by atoms with Gasteiger partial charge < -0.3 is 5.32 Å². The monoisotopic (exact) mass is 253 g/mol. The zero-order valence-corrected chi connectivity index (χ0v) is 10.6. The molecule has 0 radical (unpaired) electrons. The summed E-state index contributed by atoms with van der Waals surface area (Å²) in [7, 11) is 1.93. The minimum atomic E-state index is 0.136. The third kappa shape index (κ3) is 2.24. The molecule has 2 aromatic rings. The lowest BCUT2D eigenvalue weighted by Crippen LogP contribution is -2.17. The molecule has 0 saturated carbocycles. The van der Waals surface area contributed by atoms with E-state index in [0.717, 1.165) is 15.6 Å². The second kappa shape index (κ2) is 4.91. The quantitative estimate of drug-likeness (QED) is 0.914. The van der Waals surface area contributed by atoms with Crippen LogP contribution in [0.25, 0.3) is 0 Å². The summed E-state index contributed by atoms with van der Waals surface area (Å²) in [6.45, 7) is 1.97. The van der Waals surface area contributed by atoms with Crippen LogP contribution in [0, 0.1) is 6.92 Å². The van der Waals surface area contributed by atoms with Crippen molar-refractivity contribution in [2.45, 2.75) is 13.0 Å². The molecule has 0 fully saturated rings. The summed E-state index contributed by atoms with van der Waals surface area (Å²) >= 11 is 7.30. The Morgan fingerprint density at radius 3 is 2.50 bits per heavy atom. The standard InChI is InChI=1S/C11H12ClN3S/c1-7-11(16-15-14-7)10(13-2)8-3-5-9(12)6-4-8/h3-6,10,13H,1-2H3. The molecule has 0 bridgehead atoms. The van der Waals surface area contributed by atoms with Crippen molar-refractivity contribution in [2.24, 2.45) is 0 Å². The van der Waals surface area contributed by atoms with Gasteiger partial charge in [-0.05, 0) is 43.2 Å². The minimum Gasteiger partial charge on any atom is -0.309 e. The first-order valence-corrected chi connectivity index (χ1v) is 6.09. The molecule has 5 heteroatoms. The van der Waals surface area contributed by atoms with Crippen molar-refractivity contribution in [1.29, 1.82) is 0 Å².